The first kappa shape index (κ1) is 10.7. The molecule has 1 fully saturated rings. The van der Waals surface area contributed by atoms with Crippen molar-refractivity contribution in [3.8, 4) is 0 Å². The van der Waals surface area contributed by atoms with Crippen molar-refractivity contribution in [2.45, 2.75) is 19.4 Å². The van der Waals surface area contributed by atoms with Gasteiger partial charge < -0.3 is 10.6 Å². The zero-order valence-electron chi connectivity index (χ0n) is 9.06. The summed E-state index contributed by atoms with van der Waals surface area (Å²) in [5.74, 6) is 0.0879. The van der Waals surface area contributed by atoms with Crippen LogP contribution in [0.25, 0.3) is 0 Å². The highest BCUT2D eigenvalue weighted by Crippen LogP contribution is 2.29. The molecule has 86 valence electrons. The molecule has 0 aromatic carbocycles. The van der Waals surface area contributed by atoms with Crippen LogP contribution in [-0.4, -0.2) is 28.6 Å². The SMILES string of the molecule is CNC(=O)Cn1cc(NC(=O)C2CC2)cn1. The van der Waals surface area contributed by atoms with Gasteiger partial charge in [-0.2, -0.15) is 5.10 Å². The number of nitrogens with zero attached hydrogens (tertiary/aromatic N) is 2. The Hall–Kier alpha value is -1.85. The first-order valence-electron chi connectivity index (χ1n) is 5.23. The molecule has 1 aliphatic carbocycles. The molecule has 0 aliphatic heterocycles. The van der Waals surface area contributed by atoms with Gasteiger partial charge in [-0.15, -0.1) is 0 Å². The quantitative estimate of drug-likeness (QED) is 0.751. The molecular weight excluding hydrogens is 208 g/mol. The number of anilines is 1. The molecule has 0 atom stereocenters. The van der Waals surface area contributed by atoms with E-state index in [1.54, 1.807) is 19.4 Å². The molecule has 1 heterocycles. The Morgan fingerprint density at radius 3 is 2.94 bits per heavy atom. The average molecular weight is 222 g/mol. The molecule has 6 heteroatoms. The average Bonchev–Trinajstić information content (AvgIpc) is 3.03. The molecular formula is C10H14N4O2. The minimum Gasteiger partial charge on any atom is -0.358 e. The highest BCUT2D eigenvalue weighted by atomic mass is 16.2. The van der Waals surface area contributed by atoms with Crippen LogP contribution in [0.2, 0.25) is 0 Å². The van der Waals surface area contributed by atoms with Crippen molar-refractivity contribution < 1.29 is 9.59 Å². The Kier molecular flexibility index (Phi) is 2.89. The van der Waals surface area contributed by atoms with E-state index in [1.807, 2.05) is 0 Å². The molecule has 16 heavy (non-hydrogen) atoms. The summed E-state index contributed by atoms with van der Waals surface area (Å²) >= 11 is 0. The van der Waals surface area contributed by atoms with E-state index >= 15 is 0 Å². The van der Waals surface area contributed by atoms with Crippen LogP contribution in [-0.2, 0) is 16.1 Å². The summed E-state index contributed by atoms with van der Waals surface area (Å²) in [5.41, 5.74) is 0.640. The Balaban J connectivity index is 1.91. The molecule has 1 saturated carbocycles. The summed E-state index contributed by atoms with van der Waals surface area (Å²) in [7, 11) is 1.57. The smallest absolute Gasteiger partial charge is 0.241 e. The van der Waals surface area contributed by atoms with Crippen molar-refractivity contribution in [3.63, 3.8) is 0 Å². The predicted octanol–water partition coefficient (Wildman–Crippen LogP) is -0.0224. The molecule has 1 aromatic heterocycles. The van der Waals surface area contributed by atoms with E-state index in [-0.39, 0.29) is 24.3 Å². The number of likely N-dealkylation sites (N-methyl/N-ethyl adjacent to an activating group) is 1. The fourth-order valence-electron chi connectivity index (χ4n) is 1.33. The van der Waals surface area contributed by atoms with E-state index in [1.165, 1.54) is 4.68 Å². The van der Waals surface area contributed by atoms with E-state index in [0.29, 0.717) is 5.69 Å². The van der Waals surface area contributed by atoms with Crippen LogP contribution >= 0.6 is 0 Å². The molecule has 2 rings (SSSR count). The van der Waals surface area contributed by atoms with Gasteiger partial charge in [-0.05, 0) is 12.8 Å². The largest absolute Gasteiger partial charge is 0.358 e. The van der Waals surface area contributed by atoms with Crippen LogP contribution in [0.4, 0.5) is 5.69 Å². The third-order valence-corrected chi connectivity index (χ3v) is 2.43. The summed E-state index contributed by atoms with van der Waals surface area (Å²) in [6.45, 7) is 0.162. The van der Waals surface area contributed by atoms with Crippen molar-refractivity contribution in [3.05, 3.63) is 12.4 Å². The number of rotatable bonds is 4. The Morgan fingerprint density at radius 2 is 2.31 bits per heavy atom. The van der Waals surface area contributed by atoms with Crippen LogP contribution in [0, 0.1) is 5.92 Å². The zero-order chi connectivity index (χ0) is 11.5. The van der Waals surface area contributed by atoms with Crippen LogP contribution in [0.1, 0.15) is 12.8 Å². The number of hydrogen-bond acceptors (Lipinski definition) is 3. The molecule has 0 radical (unpaired) electrons. The molecule has 1 aliphatic rings. The first-order valence-corrected chi connectivity index (χ1v) is 5.23. The third kappa shape index (κ3) is 2.59. The van der Waals surface area contributed by atoms with Gasteiger partial charge in [0, 0.05) is 19.2 Å². The number of hydrogen-bond donors (Lipinski definition) is 2. The van der Waals surface area contributed by atoms with Gasteiger partial charge in [-0.1, -0.05) is 0 Å². The molecule has 0 spiro atoms. The van der Waals surface area contributed by atoms with Gasteiger partial charge >= 0.3 is 0 Å². The van der Waals surface area contributed by atoms with Gasteiger partial charge in [0.15, 0.2) is 0 Å². The van der Waals surface area contributed by atoms with E-state index in [4.69, 9.17) is 0 Å². The zero-order valence-corrected chi connectivity index (χ0v) is 9.06. The second-order valence-electron chi connectivity index (χ2n) is 3.86. The predicted molar refractivity (Wildman–Crippen MR) is 57.6 cm³/mol. The molecule has 0 unspecified atom stereocenters. The summed E-state index contributed by atoms with van der Waals surface area (Å²) in [6, 6.07) is 0. The Bertz CT molecular complexity index is 409. The third-order valence-electron chi connectivity index (χ3n) is 2.43. The summed E-state index contributed by atoms with van der Waals surface area (Å²) in [5, 5.41) is 9.24. The van der Waals surface area contributed by atoms with Crippen molar-refractivity contribution >= 4 is 17.5 Å². The molecule has 2 amide bonds. The fraction of sp³-hybridized carbons (Fsp3) is 0.500. The number of amides is 2. The summed E-state index contributed by atoms with van der Waals surface area (Å²) in [6.07, 6.45) is 5.13. The highest BCUT2D eigenvalue weighted by molar-refractivity contribution is 5.93. The summed E-state index contributed by atoms with van der Waals surface area (Å²) < 4.78 is 1.49. The van der Waals surface area contributed by atoms with Crippen LogP contribution < -0.4 is 10.6 Å². The second kappa shape index (κ2) is 4.34. The van der Waals surface area contributed by atoms with Crippen molar-refractivity contribution in [2.24, 2.45) is 5.92 Å². The van der Waals surface area contributed by atoms with E-state index in [9.17, 15) is 9.59 Å². The number of nitrogens with one attached hydrogen (secondary N) is 2. The maximum Gasteiger partial charge on any atom is 0.241 e. The monoisotopic (exact) mass is 222 g/mol. The molecule has 6 nitrogen and oxygen atoms in total. The second-order valence-corrected chi connectivity index (χ2v) is 3.86. The van der Waals surface area contributed by atoms with Crippen molar-refractivity contribution in [1.29, 1.82) is 0 Å². The lowest BCUT2D eigenvalue weighted by molar-refractivity contribution is -0.121. The van der Waals surface area contributed by atoms with E-state index in [0.717, 1.165) is 12.8 Å². The van der Waals surface area contributed by atoms with Gasteiger partial charge in [0.25, 0.3) is 0 Å². The maximum atomic E-state index is 11.4. The lowest BCUT2D eigenvalue weighted by Crippen LogP contribution is -2.23. The first-order chi connectivity index (χ1) is 7.69. The van der Waals surface area contributed by atoms with Gasteiger partial charge in [0.2, 0.25) is 11.8 Å². The topological polar surface area (TPSA) is 76.0 Å². The normalized spacial score (nSPS) is 14.6. The molecule has 1 aromatic rings. The molecule has 2 N–H and O–H groups in total. The van der Waals surface area contributed by atoms with Gasteiger partial charge in [-0.3, -0.25) is 14.3 Å². The lowest BCUT2D eigenvalue weighted by Gasteiger charge is -2.00. The van der Waals surface area contributed by atoms with Crippen molar-refractivity contribution in [2.75, 3.05) is 12.4 Å². The molecule has 0 bridgehead atoms. The molecule has 0 saturated heterocycles. The minimum absolute atomic E-state index is 0.0412. The summed E-state index contributed by atoms with van der Waals surface area (Å²) in [4.78, 5) is 22.5. The number of carbonyl (C=O) groups excluding carboxylic acids is 2. The lowest BCUT2D eigenvalue weighted by atomic mass is 10.4. The number of carbonyl (C=O) groups is 2. The maximum absolute atomic E-state index is 11.4. The number of aromatic nitrogens is 2. The van der Waals surface area contributed by atoms with Crippen molar-refractivity contribution in [1.82, 2.24) is 15.1 Å². The van der Waals surface area contributed by atoms with Crippen LogP contribution in [0.15, 0.2) is 12.4 Å². The van der Waals surface area contributed by atoms with E-state index < -0.39 is 0 Å². The van der Waals surface area contributed by atoms with E-state index in [2.05, 4.69) is 15.7 Å². The van der Waals surface area contributed by atoms with Crippen LogP contribution in [0.3, 0.4) is 0 Å². The van der Waals surface area contributed by atoms with Gasteiger partial charge in [0.05, 0.1) is 11.9 Å². The van der Waals surface area contributed by atoms with Gasteiger partial charge in [-0.25, -0.2) is 0 Å². The highest BCUT2D eigenvalue weighted by Gasteiger charge is 2.29. The van der Waals surface area contributed by atoms with Gasteiger partial charge in [0.1, 0.15) is 6.54 Å². The van der Waals surface area contributed by atoms with Crippen LogP contribution in [0.5, 0.6) is 0 Å². The fourth-order valence-corrected chi connectivity index (χ4v) is 1.33. The minimum atomic E-state index is -0.122. The Morgan fingerprint density at radius 1 is 1.56 bits per heavy atom. The standard InChI is InChI=1S/C10H14N4O2/c1-11-9(15)6-14-5-8(4-12-14)13-10(16)7-2-3-7/h4-5,7H,2-3,6H2,1H3,(H,11,15)(H,13,16). The Labute approximate surface area is 93.0 Å².